The van der Waals surface area contributed by atoms with Crippen LogP contribution in [0, 0.1) is 0 Å². The summed E-state index contributed by atoms with van der Waals surface area (Å²) in [4.78, 5) is 22.1. The van der Waals surface area contributed by atoms with Crippen LogP contribution in [0.4, 0.5) is 5.95 Å². The average molecular weight is 399 g/mol. The minimum absolute atomic E-state index is 0.0467. The number of aliphatic hydroxyl groups is 1. The van der Waals surface area contributed by atoms with Crippen LogP contribution < -0.4 is 10.2 Å². The van der Waals surface area contributed by atoms with E-state index in [0.29, 0.717) is 18.2 Å². The van der Waals surface area contributed by atoms with Gasteiger partial charge in [-0.2, -0.15) is 0 Å². The van der Waals surface area contributed by atoms with Crippen LogP contribution in [0.25, 0.3) is 11.0 Å². The fourth-order valence-electron chi connectivity index (χ4n) is 4.95. The zero-order chi connectivity index (χ0) is 20.1. The van der Waals surface area contributed by atoms with Crippen molar-refractivity contribution in [2.24, 2.45) is 7.05 Å². The van der Waals surface area contributed by atoms with Crippen LogP contribution in [0.3, 0.4) is 0 Å². The van der Waals surface area contributed by atoms with Crippen molar-refractivity contribution in [3.05, 3.63) is 23.8 Å². The van der Waals surface area contributed by atoms with E-state index in [9.17, 15) is 9.90 Å². The minimum atomic E-state index is -0.296. The third-order valence-electron chi connectivity index (χ3n) is 6.49. The number of carbonyl (C=O) groups is 1. The molecule has 2 N–H and O–H groups in total. The number of aryl methyl sites for hydroxylation is 1. The molecule has 3 aliphatic heterocycles. The zero-order valence-electron chi connectivity index (χ0n) is 17.0. The molecule has 8 nitrogen and oxygen atoms in total. The Hall–Kier alpha value is -2.16. The number of aliphatic hydroxyl groups excluding tert-OH is 1. The van der Waals surface area contributed by atoms with E-state index in [1.54, 1.807) is 0 Å². The molecule has 3 aliphatic rings. The molecule has 8 heteroatoms. The van der Waals surface area contributed by atoms with Crippen LogP contribution >= 0.6 is 0 Å². The maximum absolute atomic E-state index is 12.9. The van der Waals surface area contributed by atoms with Gasteiger partial charge in [-0.1, -0.05) is 0 Å². The number of nitrogens with one attached hydrogen (secondary N) is 1. The molecule has 1 amide bonds. The van der Waals surface area contributed by atoms with E-state index >= 15 is 0 Å². The summed E-state index contributed by atoms with van der Waals surface area (Å²) in [7, 11) is 1.98. The molecule has 0 saturated carbocycles. The molecule has 0 unspecified atom stereocenters. The highest BCUT2D eigenvalue weighted by molar-refractivity contribution is 5.98. The number of rotatable bonds is 3. The first-order chi connectivity index (χ1) is 14.0. The molecule has 5 rings (SSSR count). The van der Waals surface area contributed by atoms with Gasteiger partial charge < -0.3 is 24.6 Å². The first-order valence-electron chi connectivity index (χ1n) is 10.5. The van der Waals surface area contributed by atoms with Crippen LogP contribution in [0.2, 0.25) is 0 Å². The number of ether oxygens (including phenoxy) is 1. The summed E-state index contributed by atoms with van der Waals surface area (Å²) in [6.45, 7) is 6.07. The predicted molar refractivity (Wildman–Crippen MR) is 110 cm³/mol. The normalized spacial score (nSPS) is 30.1. The van der Waals surface area contributed by atoms with Crippen molar-refractivity contribution in [2.75, 3.05) is 37.7 Å². The highest BCUT2D eigenvalue weighted by Crippen LogP contribution is 2.26. The third-order valence-corrected chi connectivity index (χ3v) is 6.49. The highest BCUT2D eigenvalue weighted by Gasteiger charge is 2.36. The van der Waals surface area contributed by atoms with Crippen molar-refractivity contribution in [3.63, 3.8) is 0 Å². The molecular weight excluding hydrogens is 370 g/mol. The number of carbonyl (C=O) groups excluding carboxylic acids is 1. The molecule has 3 fully saturated rings. The van der Waals surface area contributed by atoms with Crippen molar-refractivity contribution in [2.45, 2.75) is 44.1 Å². The van der Waals surface area contributed by atoms with Gasteiger partial charge in [0, 0.05) is 50.9 Å². The van der Waals surface area contributed by atoms with Gasteiger partial charge in [0.05, 0.1) is 29.8 Å². The van der Waals surface area contributed by atoms with Crippen LogP contribution in [0.5, 0.6) is 0 Å². The van der Waals surface area contributed by atoms with Crippen molar-refractivity contribution in [1.29, 1.82) is 0 Å². The van der Waals surface area contributed by atoms with Crippen LogP contribution in [0.15, 0.2) is 18.2 Å². The quantitative estimate of drug-likeness (QED) is 0.792. The van der Waals surface area contributed by atoms with Crippen molar-refractivity contribution < 1.29 is 14.6 Å². The Balaban J connectivity index is 1.31. The van der Waals surface area contributed by atoms with Gasteiger partial charge in [0.15, 0.2) is 0 Å². The molecule has 156 valence electrons. The van der Waals surface area contributed by atoms with E-state index in [-0.39, 0.29) is 24.2 Å². The minimum Gasteiger partial charge on any atom is -0.391 e. The molecule has 4 atom stereocenters. The number of benzene rings is 1. The first-order valence-corrected chi connectivity index (χ1v) is 10.5. The maximum Gasteiger partial charge on any atom is 0.251 e. The molecule has 0 radical (unpaired) electrons. The van der Waals surface area contributed by atoms with Gasteiger partial charge >= 0.3 is 0 Å². The Morgan fingerprint density at radius 2 is 2.17 bits per heavy atom. The lowest BCUT2D eigenvalue weighted by Crippen LogP contribution is -2.45. The number of β-amino-alcohol motifs (C(OH)–C–C–N with tert-alkyl or cyclic N) is 1. The largest absolute Gasteiger partial charge is 0.391 e. The van der Waals surface area contributed by atoms with E-state index in [2.05, 4.69) is 22.0 Å². The van der Waals surface area contributed by atoms with E-state index in [4.69, 9.17) is 9.72 Å². The Morgan fingerprint density at radius 1 is 1.31 bits per heavy atom. The lowest BCUT2D eigenvalue weighted by Gasteiger charge is -2.33. The Bertz CT molecular complexity index is 928. The highest BCUT2D eigenvalue weighted by atomic mass is 16.5. The lowest BCUT2D eigenvalue weighted by molar-refractivity contribution is -0.0390. The number of aromatic nitrogens is 2. The third kappa shape index (κ3) is 3.49. The Labute approximate surface area is 170 Å². The lowest BCUT2D eigenvalue weighted by atomic mass is 10.1. The second-order valence-corrected chi connectivity index (χ2v) is 8.72. The number of hydrogen-bond donors (Lipinski definition) is 2. The second kappa shape index (κ2) is 7.27. The summed E-state index contributed by atoms with van der Waals surface area (Å²) >= 11 is 0. The number of hydrogen-bond acceptors (Lipinski definition) is 6. The van der Waals surface area contributed by atoms with Gasteiger partial charge in [-0.3, -0.25) is 9.69 Å². The van der Waals surface area contributed by atoms with E-state index in [1.807, 2.05) is 29.8 Å². The van der Waals surface area contributed by atoms with Crippen LogP contribution in [-0.4, -0.2) is 82.5 Å². The summed E-state index contributed by atoms with van der Waals surface area (Å²) in [5.74, 6) is 0.797. The number of amides is 1. The topological polar surface area (TPSA) is 82.9 Å². The van der Waals surface area contributed by atoms with Gasteiger partial charge in [-0.05, 0) is 38.0 Å². The molecule has 29 heavy (non-hydrogen) atoms. The molecule has 2 aromatic rings. The summed E-state index contributed by atoms with van der Waals surface area (Å²) in [5.41, 5.74) is 2.43. The van der Waals surface area contributed by atoms with E-state index < -0.39 is 0 Å². The molecule has 3 saturated heterocycles. The number of fused-ring (bicyclic) bond motifs is 2. The zero-order valence-corrected chi connectivity index (χ0v) is 17.0. The molecule has 1 aromatic heterocycles. The van der Waals surface area contributed by atoms with Gasteiger partial charge in [0.1, 0.15) is 0 Å². The Morgan fingerprint density at radius 3 is 2.97 bits per heavy atom. The predicted octanol–water partition coefficient (Wildman–Crippen LogP) is 0.736. The van der Waals surface area contributed by atoms with Gasteiger partial charge in [0.25, 0.3) is 5.91 Å². The summed E-state index contributed by atoms with van der Waals surface area (Å²) in [6, 6.07) is 6.26. The van der Waals surface area contributed by atoms with Crippen LogP contribution in [0.1, 0.15) is 30.1 Å². The van der Waals surface area contributed by atoms with Gasteiger partial charge in [-0.25, -0.2) is 4.98 Å². The number of imidazole rings is 1. The van der Waals surface area contributed by atoms with E-state index in [0.717, 1.165) is 56.1 Å². The molecule has 0 spiro atoms. The second-order valence-electron chi connectivity index (χ2n) is 8.72. The van der Waals surface area contributed by atoms with Crippen molar-refractivity contribution in [1.82, 2.24) is 19.8 Å². The average Bonchev–Trinajstić information content (AvgIpc) is 3.38. The number of morpholine rings is 1. The van der Waals surface area contributed by atoms with E-state index in [1.165, 1.54) is 0 Å². The Kier molecular flexibility index (Phi) is 4.72. The molecule has 4 heterocycles. The number of anilines is 1. The summed E-state index contributed by atoms with van der Waals surface area (Å²) in [6.07, 6.45) is 1.67. The SMILES string of the molecule is C[C@H]1CN2C[C@@H](NC(=O)c3ccc4c(c3)nc(N3CC[C@H](O)C3)n4C)C[C@H]2CO1. The smallest absolute Gasteiger partial charge is 0.251 e. The fourth-order valence-corrected chi connectivity index (χ4v) is 4.95. The number of nitrogens with zero attached hydrogens (tertiary/aromatic N) is 4. The fraction of sp³-hybridized carbons (Fsp3) is 0.619. The first kappa shape index (κ1) is 18.8. The molecule has 0 aliphatic carbocycles. The summed E-state index contributed by atoms with van der Waals surface area (Å²) < 4.78 is 7.79. The van der Waals surface area contributed by atoms with Crippen LogP contribution in [-0.2, 0) is 11.8 Å². The summed E-state index contributed by atoms with van der Waals surface area (Å²) in [5, 5.41) is 13.0. The van der Waals surface area contributed by atoms with Crippen molar-refractivity contribution in [3.8, 4) is 0 Å². The van der Waals surface area contributed by atoms with Gasteiger partial charge in [0.2, 0.25) is 5.95 Å². The van der Waals surface area contributed by atoms with Crippen molar-refractivity contribution >= 4 is 22.9 Å². The molecular formula is C21H29N5O3. The monoisotopic (exact) mass is 399 g/mol. The molecule has 0 bridgehead atoms. The standard InChI is InChI=1S/C21H29N5O3/c1-13-9-26-10-15(8-16(26)12-29-13)22-20(28)14-3-4-19-18(7-14)23-21(24(19)2)25-6-5-17(27)11-25/h3-4,7,13,15-17,27H,5-6,8-12H2,1-2H3,(H,22,28)/t13-,15-,16-,17-/m0/s1. The maximum atomic E-state index is 12.9. The van der Waals surface area contributed by atoms with Gasteiger partial charge in [-0.15, -0.1) is 0 Å². The molecule has 1 aromatic carbocycles.